The summed E-state index contributed by atoms with van der Waals surface area (Å²) in [6, 6.07) is 0.372. The van der Waals surface area contributed by atoms with Crippen LogP contribution >= 0.6 is 0 Å². The van der Waals surface area contributed by atoms with Crippen molar-refractivity contribution in [3.63, 3.8) is 0 Å². The summed E-state index contributed by atoms with van der Waals surface area (Å²) in [6.07, 6.45) is 0. The molecular weight excluding hydrogens is 214 g/mol. The molecule has 0 saturated carbocycles. The van der Waals surface area contributed by atoms with E-state index in [1.54, 1.807) is 0 Å². The molecule has 0 heterocycles. The second kappa shape index (κ2) is 6.97. The van der Waals surface area contributed by atoms with Crippen LogP contribution in [0.5, 0.6) is 0 Å². The van der Waals surface area contributed by atoms with Crippen LogP contribution in [0.2, 0.25) is 0 Å². The van der Waals surface area contributed by atoms with Gasteiger partial charge in [0, 0.05) is 12.6 Å². The Kier molecular flexibility index (Phi) is 6.72. The number of likely N-dealkylation sites (N-methyl/N-ethyl adjacent to an activating group) is 2. The summed E-state index contributed by atoms with van der Waals surface area (Å²) >= 11 is 0. The molecule has 0 aromatic carbocycles. The highest BCUT2D eigenvalue weighted by molar-refractivity contribution is 5.85. The van der Waals surface area contributed by atoms with Gasteiger partial charge in [-0.2, -0.15) is 0 Å². The molecule has 4 heteroatoms. The monoisotopic (exact) mass is 243 g/mol. The lowest BCUT2D eigenvalue weighted by Gasteiger charge is -2.30. The van der Waals surface area contributed by atoms with Crippen molar-refractivity contribution < 1.29 is 4.79 Å². The second-order valence-electron chi connectivity index (χ2n) is 5.64. The quantitative estimate of drug-likeness (QED) is 0.703. The minimum atomic E-state index is -0.497. The van der Waals surface area contributed by atoms with Gasteiger partial charge >= 0.3 is 0 Å². The van der Waals surface area contributed by atoms with Gasteiger partial charge in [-0.25, -0.2) is 0 Å². The second-order valence-corrected chi connectivity index (χ2v) is 5.64. The van der Waals surface area contributed by atoms with E-state index in [4.69, 9.17) is 0 Å². The summed E-state index contributed by atoms with van der Waals surface area (Å²) < 4.78 is 0. The highest BCUT2D eigenvalue weighted by atomic mass is 16.2. The third kappa shape index (κ3) is 5.50. The number of rotatable bonds is 7. The lowest BCUT2D eigenvalue weighted by atomic mass is 10.0. The molecule has 0 aliphatic heterocycles. The van der Waals surface area contributed by atoms with E-state index in [1.807, 2.05) is 34.9 Å². The summed E-state index contributed by atoms with van der Waals surface area (Å²) in [5.74, 6) is 0.583. The van der Waals surface area contributed by atoms with Gasteiger partial charge in [-0.1, -0.05) is 20.8 Å². The normalized spacial score (nSPS) is 14.2. The van der Waals surface area contributed by atoms with Gasteiger partial charge < -0.3 is 15.5 Å². The Hall–Kier alpha value is -0.610. The number of carbonyl (C=O) groups is 1. The first-order chi connectivity index (χ1) is 7.72. The first-order valence-electron chi connectivity index (χ1n) is 6.42. The lowest BCUT2D eigenvalue weighted by Crippen LogP contribution is -2.55. The Bertz CT molecular complexity index is 229. The summed E-state index contributed by atoms with van der Waals surface area (Å²) in [5.41, 5.74) is -0.497. The zero-order chi connectivity index (χ0) is 13.6. The van der Waals surface area contributed by atoms with Crippen LogP contribution in [0.4, 0.5) is 0 Å². The SMILES string of the molecule is CCNC(C)(C)C(=O)NCC(C(C)C)N(C)C. The molecule has 4 nitrogen and oxygen atoms in total. The fourth-order valence-corrected chi connectivity index (χ4v) is 1.96. The third-order valence-corrected chi connectivity index (χ3v) is 3.09. The number of nitrogens with zero attached hydrogens (tertiary/aromatic N) is 1. The average molecular weight is 243 g/mol. The summed E-state index contributed by atoms with van der Waals surface area (Å²) in [4.78, 5) is 14.2. The molecule has 0 aliphatic carbocycles. The van der Waals surface area contributed by atoms with E-state index >= 15 is 0 Å². The van der Waals surface area contributed by atoms with Crippen LogP contribution in [-0.4, -0.2) is 49.6 Å². The Morgan fingerprint density at radius 1 is 1.29 bits per heavy atom. The summed E-state index contributed by atoms with van der Waals surface area (Å²) in [5, 5.41) is 6.21. The van der Waals surface area contributed by atoms with E-state index in [9.17, 15) is 4.79 Å². The van der Waals surface area contributed by atoms with Crippen molar-refractivity contribution in [1.82, 2.24) is 15.5 Å². The molecule has 0 saturated heterocycles. The molecule has 1 atom stereocenters. The van der Waals surface area contributed by atoms with E-state index in [0.29, 0.717) is 18.5 Å². The van der Waals surface area contributed by atoms with Gasteiger partial charge in [-0.05, 0) is 40.4 Å². The largest absolute Gasteiger partial charge is 0.353 e. The van der Waals surface area contributed by atoms with Crippen LogP contribution < -0.4 is 10.6 Å². The van der Waals surface area contributed by atoms with E-state index in [0.717, 1.165) is 6.54 Å². The molecule has 0 aromatic rings. The molecule has 17 heavy (non-hydrogen) atoms. The summed E-state index contributed by atoms with van der Waals surface area (Å²) in [7, 11) is 4.10. The molecule has 2 N–H and O–H groups in total. The van der Waals surface area contributed by atoms with Gasteiger partial charge in [0.05, 0.1) is 5.54 Å². The number of amides is 1. The molecule has 1 amide bonds. The molecule has 0 aliphatic rings. The standard InChI is InChI=1S/C13H29N3O/c1-8-15-13(4,5)12(17)14-9-11(10(2)3)16(6)7/h10-11,15H,8-9H2,1-7H3,(H,14,17). The smallest absolute Gasteiger partial charge is 0.239 e. The highest BCUT2D eigenvalue weighted by Gasteiger charge is 2.27. The molecule has 0 bridgehead atoms. The third-order valence-electron chi connectivity index (χ3n) is 3.09. The van der Waals surface area contributed by atoms with Crippen molar-refractivity contribution in [2.24, 2.45) is 5.92 Å². The first-order valence-corrected chi connectivity index (χ1v) is 6.42. The topological polar surface area (TPSA) is 44.4 Å². The van der Waals surface area contributed by atoms with Crippen molar-refractivity contribution in [3.8, 4) is 0 Å². The summed E-state index contributed by atoms with van der Waals surface area (Å²) in [6.45, 7) is 11.7. The van der Waals surface area contributed by atoms with Crippen molar-refractivity contribution in [2.75, 3.05) is 27.2 Å². The molecule has 0 spiro atoms. The highest BCUT2D eigenvalue weighted by Crippen LogP contribution is 2.07. The van der Waals surface area contributed by atoms with Crippen molar-refractivity contribution >= 4 is 5.91 Å². The van der Waals surface area contributed by atoms with Gasteiger partial charge in [0.1, 0.15) is 0 Å². The van der Waals surface area contributed by atoms with Crippen LogP contribution in [0.15, 0.2) is 0 Å². The Morgan fingerprint density at radius 2 is 1.82 bits per heavy atom. The minimum Gasteiger partial charge on any atom is -0.353 e. The van der Waals surface area contributed by atoms with Crippen LogP contribution in [-0.2, 0) is 4.79 Å². The van der Waals surface area contributed by atoms with Crippen LogP contribution in [0.3, 0.4) is 0 Å². The first kappa shape index (κ1) is 16.4. The van der Waals surface area contributed by atoms with Crippen LogP contribution in [0.25, 0.3) is 0 Å². The predicted molar refractivity (Wildman–Crippen MR) is 73.1 cm³/mol. The van der Waals surface area contributed by atoms with Crippen molar-refractivity contribution in [3.05, 3.63) is 0 Å². The Morgan fingerprint density at radius 3 is 2.18 bits per heavy atom. The van der Waals surface area contributed by atoms with E-state index in [-0.39, 0.29) is 5.91 Å². The Balaban J connectivity index is 4.31. The number of nitrogens with one attached hydrogen (secondary N) is 2. The van der Waals surface area contributed by atoms with Crippen molar-refractivity contribution in [2.45, 2.75) is 46.2 Å². The maximum absolute atomic E-state index is 12.0. The number of hydrogen-bond acceptors (Lipinski definition) is 3. The number of carbonyl (C=O) groups excluding carboxylic acids is 1. The van der Waals surface area contributed by atoms with E-state index in [2.05, 4.69) is 29.4 Å². The average Bonchev–Trinajstić information content (AvgIpc) is 2.16. The van der Waals surface area contributed by atoms with Crippen LogP contribution in [0, 0.1) is 5.92 Å². The fraction of sp³-hybridized carbons (Fsp3) is 0.923. The molecule has 0 fully saturated rings. The number of hydrogen-bond donors (Lipinski definition) is 2. The van der Waals surface area contributed by atoms with Crippen LogP contribution in [0.1, 0.15) is 34.6 Å². The molecule has 0 aromatic heterocycles. The predicted octanol–water partition coefficient (Wildman–Crippen LogP) is 1.08. The molecular formula is C13H29N3O. The molecule has 102 valence electrons. The lowest BCUT2D eigenvalue weighted by molar-refractivity contribution is -0.126. The van der Waals surface area contributed by atoms with Gasteiger partial charge in [0.25, 0.3) is 0 Å². The maximum atomic E-state index is 12.0. The van der Waals surface area contributed by atoms with E-state index < -0.39 is 5.54 Å². The van der Waals surface area contributed by atoms with Gasteiger partial charge in [-0.3, -0.25) is 4.79 Å². The minimum absolute atomic E-state index is 0.0619. The Labute approximate surface area is 106 Å². The maximum Gasteiger partial charge on any atom is 0.239 e. The van der Waals surface area contributed by atoms with Crippen molar-refractivity contribution in [1.29, 1.82) is 0 Å². The fourth-order valence-electron chi connectivity index (χ4n) is 1.96. The molecule has 0 radical (unpaired) electrons. The van der Waals surface area contributed by atoms with E-state index in [1.165, 1.54) is 0 Å². The van der Waals surface area contributed by atoms with Gasteiger partial charge in [0.15, 0.2) is 0 Å². The molecule has 0 rings (SSSR count). The zero-order valence-corrected chi connectivity index (χ0v) is 12.4. The van der Waals surface area contributed by atoms with Gasteiger partial charge in [-0.15, -0.1) is 0 Å². The molecule has 1 unspecified atom stereocenters. The van der Waals surface area contributed by atoms with Gasteiger partial charge in [0.2, 0.25) is 5.91 Å². The zero-order valence-electron chi connectivity index (χ0n) is 12.4.